The van der Waals surface area contributed by atoms with Crippen LogP contribution < -0.4 is 0 Å². The van der Waals surface area contributed by atoms with E-state index in [1.165, 1.54) is 17.6 Å². The maximum absolute atomic E-state index is 3.96. The van der Waals surface area contributed by atoms with Crippen LogP contribution in [0.2, 0.25) is 0 Å². The maximum atomic E-state index is 3.96. The van der Waals surface area contributed by atoms with E-state index in [0.717, 1.165) is 12.0 Å². The Balaban J connectivity index is 4.99. The molecule has 0 aromatic heterocycles. The van der Waals surface area contributed by atoms with Crippen LogP contribution in [0.15, 0.2) is 35.5 Å². The lowest BCUT2D eigenvalue weighted by molar-refractivity contribution is 0.656. The Morgan fingerprint density at radius 3 is 2.21 bits per heavy atom. The van der Waals surface area contributed by atoms with E-state index in [9.17, 15) is 0 Å². The molecule has 0 heterocycles. The van der Waals surface area contributed by atoms with Gasteiger partial charge < -0.3 is 0 Å². The van der Waals surface area contributed by atoms with E-state index < -0.39 is 0 Å². The largest absolute Gasteiger partial charge is 0.0961 e. The first-order valence-corrected chi connectivity index (χ1v) is 5.59. The Kier molecular flexibility index (Phi) is 6.27. The monoisotopic (exact) mass is 192 g/mol. The van der Waals surface area contributed by atoms with Crippen molar-refractivity contribution < 1.29 is 0 Å². The third kappa shape index (κ3) is 3.95. The molecule has 0 saturated heterocycles. The second-order valence-electron chi connectivity index (χ2n) is 3.92. The molecule has 0 saturated carbocycles. The molecular weight excluding hydrogens is 168 g/mol. The second kappa shape index (κ2) is 6.64. The molecule has 0 bridgehead atoms. The van der Waals surface area contributed by atoms with Crippen molar-refractivity contribution in [2.45, 2.75) is 47.5 Å². The summed E-state index contributed by atoms with van der Waals surface area (Å²) < 4.78 is 0. The molecule has 0 fully saturated rings. The van der Waals surface area contributed by atoms with Crippen LogP contribution in [0.3, 0.4) is 0 Å². The summed E-state index contributed by atoms with van der Waals surface area (Å²) in [7, 11) is 0. The summed E-state index contributed by atoms with van der Waals surface area (Å²) in [6.07, 6.45) is 6.75. The van der Waals surface area contributed by atoms with Crippen LogP contribution in [0, 0.1) is 5.92 Å². The fourth-order valence-electron chi connectivity index (χ4n) is 1.61. The molecule has 0 heteroatoms. The van der Waals surface area contributed by atoms with Crippen molar-refractivity contribution in [2.24, 2.45) is 5.92 Å². The third-order valence-corrected chi connectivity index (χ3v) is 2.65. The molecule has 0 radical (unpaired) electrons. The normalized spacial score (nSPS) is 15.5. The quantitative estimate of drug-likeness (QED) is 0.544. The summed E-state index contributed by atoms with van der Waals surface area (Å²) in [6.45, 7) is 14.9. The predicted molar refractivity (Wildman–Crippen MR) is 66.4 cm³/mol. The summed E-state index contributed by atoms with van der Waals surface area (Å²) in [4.78, 5) is 0. The molecule has 0 spiro atoms. The van der Waals surface area contributed by atoms with Gasteiger partial charge in [0.1, 0.15) is 0 Å². The summed E-state index contributed by atoms with van der Waals surface area (Å²) >= 11 is 0. The Bertz CT molecular complexity index is 241. The molecule has 0 aromatic rings. The Morgan fingerprint density at radius 2 is 1.93 bits per heavy atom. The van der Waals surface area contributed by atoms with Gasteiger partial charge in [-0.15, -0.1) is 0 Å². The van der Waals surface area contributed by atoms with E-state index in [2.05, 4.69) is 53.3 Å². The van der Waals surface area contributed by atoms with Crippen molar-refractivity contribution >= 4 is 0 Å². The van der Waals surface area contributed by atoms with Gasteiger partial charge in [0, 0.05) is 0 Å². The van der Waals surface area contributed by atoms with Gasteiger partial charge in [0.15, 0.2) is 0 Å². The Morgan fingerprint density at radius 1 is 1.36 bits per heavy atom. The van der Waals surface area contributed by atoms with Gasteiger partial charge in [-0.3, -0.25) is 0 Å². The third-order valence-electron chi connectivity index (χ3n) is 2.65. The first-order valence-electron chi connectivity index (χ1n) is 5.59. The molecule has 0 rings (SSSR count). The molecule has 1 unspecified atom stereocenters. The lowest BCUT2D eigenvalue weighted by atomic mass is 9.89. The highest BCUT2D eigenvalue weighted by atomic mass is 14.1. The Labute approximate surface area is 89.4 Å². The highest BCUT2D eigenvalue weighted by Crippen LogP contribution is 2.25. The molecule has 0 aliphatic rings. The summed E-state index contributed by atoms with van der Waals surface area (Å²) in [5.74, 6) is 0.637. The Hall–Kier alpha value is -0.780. The SMILES string of the molecule is C=C(C)/C=C(\C(=C/C)CC)C(C)CC. The molecule has 0 aromatic carbocycles. The van der Waals surface area contributed by atoms with Crippen LogP contribution in [0.25, 0.3) is 0 Å². The maximum Gasteiger partial charge on any atom is -0.0190 e. The number of allylic oxidation sites excluding steroid dienone is 5. The number of rotatable bonds is 5. The molecule has 80 valence electrons. The van der Waals surface area contributed by atoms with E-state index in [1.807, 2.05) is 0 Å². The summed E-state index contributed by atoms with van der Waals surface area (Å²) in [6, 6.07) is 0. The molecule has 0 N–H and O–H groups in total. The van der Waals surface area contributed by atoms with Crippen LogP contribution in [0.4, 0.5) is 0 Å². The first kappa shape index (κ1) is 13.2. The molecule has 0 aliphatic carbocycles. The molecule has 14 heavy (non-hydrogen) atoms. The van der Waals surface area contributed by atoms with Crippen molar-refractivity contribution in [3.05, 3.63) is 35.5 Å². The minimum absolute atomic E-state index is 0.637. The fourth-order valence-corrected chi connectivity index (χ4v) is 1.61. The van der Waals surface area contributed by atoms with Gasteiger partial charge in [0.05, 0.1) is 0 Å². The molecule has 0 amide bonds. The van der Waals surface area contributed by atoms with E-state index in [1.54, 1.807) is 0 Å². The topological polar surface area (TPSA) is 0 Å². The highest BCUT2D eigenvalue weighted by Gasteiger charge is 2.09. The molecule has 0 aliphatic heterocycles. The average Bonchev–Trinajstić information content (AvgIpc) is 2.16. The zero-order chi connectivity index (χ0) is 11.1. The van der Waals surface area contributed by atoms with Gasteiger partial charge in [0.2, 0.25) is 0 Å². The van der Waals surface area contributed by atoms with Gasteiger partial charge in [-0.05, 0) is 43.8 Å². The predicted octanol–water partition coefficient (Wildman–Crippen LogP) is 4.89. The van der Waals surface area contributed by atoms with Crippen molar-refractivity contribution in [1.29, 1.82) is 0 Å². The zero-order valence-electron chi connectivity index (χ0n) is 10.4. The lowest BCUT2D eigenvalue weighted by Crippen LogP contribution is -2.01. The average molecular weight is 192 g/mol. The van der Waals surface area contributed by atoms with Crippen molar-refractivity contribution in [2.75, 3.05) is 0 Å². The molecule has 1 atom stereocenters. The minimum atomic E-state index is 0.637. The van der Waals surface area contributed by atoms with Gasteiger partial charge in [0.25, 0.3) is 0 Å². The van der Waals surface area contributed by atoms with Crippen molar-refractivity contribution in [3.8, 4) is 0 Å². The van der Waals surface area contributed by atoms with Gasteiger partial charge in [-0.1, -0.05) is 45.1 Å². The van der Waals surface area contributed by atoms with Crippen LogP contribution in [0.1, 0.15) is 47.5 Å². The second-order valence-corrected chi connectivity index (χ2v) is 3.92. The van der Waals surface area contributed by atoms with Gasteiger partial charge in [-0.25, -0.2) is 0 Å². The first-order chi connectivity index (χ1) is 6.56. The molecular formula is C14H24. The zero-order valence-corrected chi connectivity index (χ0v) is 10.4. The van der Waals surface area contributed by atoms with E-state index in [0.29, 0.717) is 5.92 Å². The smallest absolute Gasteiger partial charge is 0.0190 e. The minimum Gasteiger partial charge on any atom is -0.0961 e. The van der Waals surface area contributed by atoms with E-state index in [4.69, 9.17) is 0 Å². The van der Waals surface area contributed by atoms with Crippen molar-refractivity contribution in [1.82, 2.24) is 0 Å². The molecule has 0 nitrogen and oxygen atoms in total. The van der Waals surface area contributed by atoms with Crippen LogP contribution in [-0.4, -0.2) is 0 Å². The summed E-state index contributed by atoms with van der Waals surface area (Å²) in [5, 5.41) is 0. The number of hydrogen-bond donors (Lipinski definition) is 0. The van der Waals surface area contributed by atoms with Crippen LogP contribution in [0.5, 0.6) is 0 Å². The number of hydrogen-bond acceptors (Lipinski definition) is 0. The summed E-state index contributed by atoms with van der Waals surface area (Å²) in [5.41, 5.74) is 4.07. The lowest BCUT2D eigenvalue weighted by Gasteiger charge is -2.17. The van der Waals surface area contributed by atoms with E-state index in [-0.39, 0.29) is 0 Å². The van der Waals surface area contributed by atoms with E-state index >= 15 is 0 Å². The van der Waals surface area contributed by atoms with Gasteiger partial charge in [-0.2, -0.15) is 0 Å². The van der Waals surface area contributed by atoms with Crippen LogP contribution >= 0.6 is 0 Å². The van der Waals surface area contributed by atoms with Crippen LogP contribution in [-0.2, 0) is 0 Å². The standard InChI is InChI=1S/C14H24/c1-7-12(6)14(10-11(4)5)13(8-2)9-3/h8,10,12H,4,7,9H2,1-3,5-6H3/b13-8-,14-10-. The van der Waals surface area contributed by atoms with Crippen molar-refractivity contribution in [3.63, 3.8) is 0 Å². The fraction of sp³-hybridized carbons (Fsp3) is 0.571. The highest BCUT2D eigenvalue weighted by molar-refractivity contribution is 5.36. The van der Waals surface area contributed by atoms with Gasteiger partial charge >= 0.3 is 0 Å².